The van der Waals surface area contributed by atoms with Crippen molar-refractivity contribution in [3.63, 3.8) is 0 Å². The number of hydrogen-bond acceptors (Lipinski definition) is 2. The van der Waals surface area contributed by atoms with Crippen LogP contribution in [0.5, 0.6) is 0 Å². The summed E-state index contributed by atoms with van der Waals surface area (Å²) in [4.78, 5) is 16.1. The summed E-state index contributed by atoms with van der Waals surface area (Å²) in [5.74, 6) is -1.56. The molecule has 5 rings (SSSR count). The van der Waals surface area contributed by atoms with Gasteiger partial charge in [0.1, 0.15) is 22.8 Å². The molecule has 3 aromatic heterocycles. The number of aromatic nitrogens is 4. The largest absolute Gasteiger partial charge is 0.353 e. The molecule has 2 N–H and O–H groups in total. The maximum Gasteiger partial charge on any atom is 0.174 e. The third-order valence-electron chi connectivity index (χ3n) is 9.21. The van der Waals surface area contributed by atoms with E-state index in [0.29, 0.717) is 84.7 Å². The molecule has 5 heterocycles. The van der Waals surface area contributed by atoms with Crippen LogP contribution in [-0.4, -0.2) is 19.9 Å². The Morgan fingerprint density at radius 2 is 0.744 bits per heavy atom. The van der Waals surface area contributed by atoms with Crippen molar-refractivity contribution < 1.29 is 13.2 Å². The molecule has 228 valence electrons. The first kappa shape index (κ1) is 30.8. The van der Waals surface area contributed by atoms with Crippen LogP contribution in [0, 0.1) is 17.5 Å². The smallest absolute Gasteiger partial charge is 0.174 e. The molecule has 0 radical (unpaired) electrons. The van der Waals surface area contributed by atoms with Crippen molar-refractivity contribution in [2.45, 2.75) is 107 Å². The minimum absolute atomic E-state index is 0.107. The fraction of sp³-hybridized carbons (Fsp3) is 0.444. The second-order valence-electron chi connectivity index (χ2n) is 11.2. The lowest BCUT2D eigenvalue weighted by Crippen LogP contribution is -1.95. The molecule has 0 unspecified atom stereocenters. The fourth-order valence-corrected chi connectivity index (χ4v) is 7.22. The number of hydrogen-bond donors (Lipinski definition) is 2. The van der Waals surface area contributed by atoms with Gasteiger partial charge in [-0.05, 0) is 102 Å². The maximum absolute atomic E-state index is 16.8. The van der Waals surface area contributed by atoms with Crippen molar-refractivity contribution in [2.24, 2.45) is 0 Å². The quantitative estimate of drug-likeness (QED) is 0.275. The predicted molar refractivity (Wildman–Crippen MR) is 173 cm³/mol. The molecule has 0 aliphatic carbocycles. The zero-order valence-electron chi connectivity index (χ0n) is 26.8. The van der Waals surface area contributed by atoms with Gasteiger partial charge in [0.15, 0.2) is 17.5 Å². The van der Waals surface area contributed by atoms with Gasteiger partial charge < -0.3 is 9.97 Å². The summed E-state index contributed by atoms with van der Waals surface area (Å²) in [6, 6.07) is 1.99. The first-order valence-corrected chi connectivity index (χ1v) is 16.0. The Morgan fingerprint density at radius 1 is 0.442 bits per heavy atom. The highest BCUT2D eigenvalue weighted by Crippen LogP contribution is 2.42. The van der Waals surface area contributed by atoms with Gasteiger partial charge in [0, 0.05) is 11.0 Å². The minimum Gasteiger partial charge on any atom is -0.353 e. The third kappa shape index (κ3) is 4.67. The van der Waals surface area contributed by atoms with E-state index in [-0.39, 0.29) is 22.8 Å². The van der Waals surface area contributed by atoms with E-state index >= 15 is 13.2 Å². The van der Waals surface area contributed by atoms with E-state index in [0.717, 1.165) is 33.3 Å². The molecular weight excluding hydrogens is 545 g/mol. The summed E-state index contributed by atoms with van der Waals surface area (Å²) in [6.07, 6.45) is 4.59. The van der Waals surface area contributed by atoms with Gasteiger partial charge in [0.25, 0.3) is 0 Å². The average molecular weight is 589 g/mol. The van der Waals surface area contributed by atoms with Gasteiger partial charge in [0.2, 0.25) is 0 Å². The van der Waals surface area contributed by atoms with E-state index < -0.39 is 17.5 Å². The molecule has 0 spiro atoms. The second kappa shape index (κ2) is 12.2. The van der Waals surface area contributed by atoms with Gasteiger partial charge >= 0.3 is 0 Å². The van der Waals surface area contributed by atoms with Crippen LogP contribution in [0.1, 0.15) is 126 Å². The highest BCUT2D eigenvalue weighted by Gasteiger charge is 2.30. The summed E-state index contributed by atoms with van der Waals surface area (Å²) < 4.78 is 50.3. The van der Waals surface area contributed by atoms with Crippen LogP contribution in [0.15, 0.2) is 6.07 Å². The summed E-state index contributed by atoms with van der Waals surface area (Å²) in [6.45, 7) is 15.9. The average Bonchev–Trinajstić information content (AvgIpc) is 3.78. The first-order valence-electron chi connectivity index (χ1n) is 16.0. The lowest BCUT2D eigenvalue weighted by molar-refractivity contribution is 0.603. The Bertz CT molecular complexity index is 1710. The van der Waals surface area contributed by atoms with Gasteiger partial charge in [-0.25, -0.2) is 23.1 Å². The molecule has 7 heteroatoms. The Balaban J connectivity index is 2.15. The number of halogens is 3. The number of nitrogens with zero attached hydrogens (tertiary/aromatic N) is 2. The van der Waals surface area contributed by atoms with Crippen LogP contribution in [0.3, 0.4) is 0 Å². The van der Waals surface area contributed by atoms with E-state index in [1.54, 1.807) is 0 Å². The SMILES string of the molecule is CCC1=C(CC)c2nc1c(F)c1nc(c(F)c3[nH]c(cc4[nH]c(c2F)c(CC)c4CC)c(CC)c3CC)C(CC)=C1CC. The van der Waals surface area contributed by atoms with Crippen molar-refractivity contribution in [2.75, 3.05) is 0 Å². The fourth-order valence-electron chi connectivity index (χ4n) is 7.22. The van der Waals surface area contributed by atoms with Crippen molar-refractivity contribution in [1.82, 2.24) is 19.9 Å². The van der Waals surface area contributed by atoms with E-state index in [1.807, 2.05) is 47.6 Å². The van der Waals surface area contributed by atoms with Crippen molar-refractivity contribution in [3.05, 3.63) is 68.5 Å². The van der Waals surface area contributed by atoms with Gasteiger partial charge in [-0.2, -0.15) is 0 Å². The molecule has 0 saturated carbocycles. The topological polar surface area (TPSA) is 57.4 Å². The van der Waals surface area contributed by atoms with Crippen LogP contribution < -0.4 is 0 Å². The van der Waals surface area contributed by atoms with Crippen molar-refractivity contribution in [3.8, 4) is 0 Å². The number of aromatic amines is 2. The zero-order valence-corrected chi connectivity index (χ0v) is 26.8. The molecule has 0 atom stereocenters. The highest BCUT2D eigenvalue weighted by molar-refractivity contribution is 5.97. The molecule has 8 bridgehead atoms. The molecule has 4 nitrogen and oxygen atoms in total. The summed E-state index contributed by atoms with van der Waals surface area (Å²) in [5.41, 5.74) is 9.42. The van der Waals surface area contributed by atoms with Crippen molar-refractivity contribution in [1.29, 1.82) is 0 Å². The maximum atomic E-state index is 16.8. The minimum atomic E-state index is -0.620. The van der Waals surface area contributed by atoms with Crippen LogP contribution in [0.2, 0.25) is 0 Å². The zero-order chi connectivity index (χ0) is 31.2. The molecule has 0 saturated heterocycles. The molecule has 0 amide bonds. The van der Waals surface area contributed by atoms with Gasteiger partial charge in [-0.15, -0.1) is 0 Å². The standard InChI is InChI=1S/C36H43F3N4/c1-9-18-20(11-3)31-28(37)33-22(13-5)24(15-7)35(42-33)30(39)36-25(16-8)23(14-6)34(43-36)29(38)32-21(12-4)19(10-2)27(41-32)17-26(18)40-31/h17,40-41H,9-16H2,1-8H3. The first-order chi connectivity index (χ1) is 20.7. The van der Waals surface area contributed by atoms with Gasteiger partial charge in [0.05, 0.1) is 11.0 Å². The Morgan fingerprint density at radius 3 is 1.02 bits per heavy atom. The Kier molecular flexibility index (Phi) is 8.73. The molecule has 43 heavy (non-hydrogen) atoms. The third-order valence-corrected chi connectivity index (χ3v) is 9.21. The second-order valence-corrected chi connectivity index (χ2v) is 11.2. The molecule has 2 aliphatic heterocycles. The number of aryl methyl sites for hydroxylation is 4. The highest BCUT2D eigenvalue weighted by atomic mass is 19.1. The molecule has 0 fully saturated rings. The molecule has 2 aliphatic rings. The van der Waals surface area contributed by atoms with E-state index in [9.17, 15) is 0 Å². The van der Waals surface area contributed by atoms with Crippen LogP contribution in [-0.2, 0) is 25.7 Å². The van der Waals surface area contributed by atoms with Crippen LogP contribution >= 0.6 is 0 Å². The molecule has 3 aromatic rings. The lowest BCUT2D eigenvalue weighted by atomic mass is 9.97. The van der Waals surface area contributed by atoms with Gasteiger partial charge in [-0.3, -0.25) is 0 Å². The number of nitrogens with one attached hydrogen (secondary N) is 2. The summed E-state index contributed by atoms with van der Waals surface area (Å²) >= 11 is 0. The van der Waals surface area contributed by atoms with Gasteiger partial charge in [-0.1, -0.05) is 55.4 Å². The lowest BCUT2D eigenvalue weighted by Gasteiger charge is -2.06. The molecule has 0 aromatic carbocycles. The van der Waals surface area contributed by atoms with E-state index in [2.05, 4.69) is 33.8 Å². The van der Waals surface area contributed by atoms with Crippen molar-refractivity contribution >= 4 is 44.4 Å². The summed E-state index contributed by atoms with van der Waals surface area (Å²) in [5, 5.41) is 0. The normalized spacial score (nSPS) is 13.6. The number of H-pyrrole nitrogens is 2. The van der Waals surface area contributed by atoms with E-state index in [4.69, 9.17) is 0 Å². The Hall–Kier alpha value is -3.61. The van der Waals surface area contributed by atoms with E-state index in [1.165, 1.54) is 0 Å². The summed E-state index contributed by atoms with van der Waals surface area (Å²) in [7, 11) is 0. The number of fused-ring (bicyclic) bond motifs is 8. The monoisotopic (exact) mass is 588 g/mol. The number of allylic oxidation sites excluding steroid dienone is 4. The predicted octanol–water partition coefficient (Wildman–Crippen LogP) is 10.4. The number of rotatable bonds is 8. The van der Waals surface area contributed by atoms with Crippen LogP contribution in [0.4, 0.5) is 13.2 Å². The van der Waals surface area contributed by atoms with Crippen LogP contribution in [0.25, 0.3) is 44.4 Å². The molecular formula is C36H43F3N4. The Labute approximate surface area is 252 Å².